The van der Waals surface area contributed by atoms with E-state index in [4.69, 9.17) is 0 Å². The Balaban J connectivity index is 0.000000149. The summed E-state index contributed by atoms with van der Waals surface area (Å²) < 4.78 is 3.95. The van der Waals surface area contributed by atoms with Gasteiger partial charge in [-0.15, -0.1) is 0 Å². The summed E-state index contributed by atoms with van der Waals surface area (Å²) in [4.78, 5) is 15.9. The van der Waals surface area contributed by atoms with Crippen molar-refractivity contribution < 1.29 is 18.9 Å². The monoisotopic (exact) mass is 272 g/mol. The number of fused-ring (bicyclic) bond motifs is 1. The van der Waals surface area contributed by atoms with Crippen molar-refractivity contribution >= 4 is 11.0 Å². The van der Waals surface area contributed by atoms with Crippen LogP contribution in [0.2, 0.25) is 0 Å². The Kier molecular flexibility index (Phi) is 5.38. The molecule has 0 aliphatic rings. The third-order valence-electron chi connectivity index (χ3n) is 2.72. The Morgan fingerprint density at radius 3 is 2.19 bits per heavy atom. The van der Waals surface area contributed by atoms with Gasteiger partial charge in [0.15, 0.2) is 0 Å². The van der Waals surface area contributed by atoms with Crippen molar-refractivity contribution in [2.45, 2.75) is 6.67 Å². The minimum Gasteiger partial charge on any atom is -0.443 e. The van der Waals surface area contributed by atoms with Gasteiger partial charge in [0.05, 0.1) is 12.7 Å². The Morgan fingerprint density at radius 2 is 1.62 bits per heavy atom. The van der Waals surface area contributed by atoms with Crippen molar-refractivity contribution in [3.63, 3.8) is 0 Å². The molecule has 3 aromatic heterocycles. The summed E-state index contributed by atoms with van der Waals surface area (Å²) in [6.07, 6.45) is 12.5. The maximum absolute atomic E-state index is 4.01. The summed E-state index contributed by atoms with van der Waals surface area (Å²) in [6.45, 7) is 0.778. The zero-order chi connectivity index (χ0) is 13.6. The first-order chi connectivity index (χ1) is 9.92. The predicted molar refractivity (Wildman–Crippen MR) is 74.9 cm³/mol. The van der Waals surface area contributed by atoms with Gasteiger partial charge in [-0.2, -0.15) is 0 Å². The molecule has 4 aromatic rings. The molecule has 0 N–H and O–H groups in total. The number of hydrogen-bond donors (Lipinski definition) is 0. The standard InChI is InChI=1S/C7H8N4.C7H5N2.Li/c1-3-10(5-8-1)7-11-4-2-9-6-11;1-2-4-7-6(3-1)8-5-9-7;/h1-6H,7H2;1-5H;/q;-1;+1. The molecule has 0 bridgehead atoms. The van der Waals surface area contributed by atoms with Crippen molar-refractivity contribution in [1.29, 1.82) is 0 Å². The van der Waals surface area contributed by atoms with Gasteiger partial charge < -0.3 is 19.1 Å². The summed E-state index contributed by atoms with van der Waals surface area (Å²) in [5.74, 6) is 0. The number of nitrogens with zero attached hydrogens (tertiary/aromatic N) is 6. The fraction of sp³-hybridized carbons (Fsp3) is 0.0714. The molecule has 1 aromatic carbocycles. The molecule has 0 unspecified atom stereocenters. The van der Waals surface area contributed by atoms with Gasteiger partial charge in [0, 0.05) is 24.8 Å². The molecule has 0 saturated carbocycles. The van der Waals surface area contributed by atoms with Crippen LogP contribution >= 0.6 is 0 Å². The average molecular weight is 272 g/mol. The van der Waals surface area contributed by atoms with Crippen LogP contribution in [0.25, 0.3) is 11.0 Å². The maximum Gasteiger partial charge on any atom is 1.00 e. The zero-order valence-corrected chi connectivity index (χ0v) is 11.7. The molecule has 100 valence electrons. The Morgan fingerprint density at radius 1 is 0.952 bits per heavy atom. The van der Waals surface area contributed by atoms with Crippen molar-refractivity contribution in [2.24, 2.45) is 0 Å². The fourth-order valence-corrected chi connectivity index (χ4v) is 1.77. The molecular weight excluding hydrogens is 259 g/mol. The smallest absolute Gasteiger partial charge is 0.443 e. The second kappa shape index (κ2) is 7.48. The summed E-state index contributed by atoms with van der Waals surface area (Å²) in [5.41, 5.74) is 1.94. The summed E-state index contributed by atoms with van der Waals surface area (Å²) in [7, 11) is 0. The summed E-state index contributed by atoms with van der Waals surface area (Å²) in [5, 5.41) is 0. The van der Waals surface area contributed by atoms with E-state index in [0.29, 0.717) is 0 Å². The number of aromatic nitrogens is 6. The largest absolute Gasteiger partial charge is 1.00 e. The van der Waals surface area contributed by atoms with Crippen molar-refractivity contribution in [3.05, 3.63) is 68.0 Å². The van der Waals surface area contributed by atoms with Gasteiger partial charge in [0.2, 0.25) is 0 Å². The fourth-order valence-electron chi connectivity index (χ4n) is 1.77. The van der Waals surface area contributed by atoms with Gasteiger partial charge >= 0.3 is 18.9 Å². The van der Waals surface area contributed by atoms with E-state index in [1.807, 2.05) is 45.8 Å². The van der Waals surface area contributed by atoms with Crippen molar-refractivity contribution in [3.8, 4) is 0 Å². The Hall–Kier alpha value is -2.29. The molecule has 4 rings (SSSR count). The van der Waals surface area contributed by atoms with E-state index in [-0.39, 0.29) is 18.9 Å². The number of rotatable bonds is 2. The van der Waals surface area contributed by atoms with E-state index >= 15 is 0 Å². The van der Waals surface area contributed by atoms with E-state index in [1.165, 1.54) is 0 Å². The van der Waals surface area contributed by atoms with Gasteiger partial charge in [-0.25, -0.2) is 9.97 Å². The molecule has 0 fully saturated rings. The van der Waals surface area contributed by atoms with E-state index in [0.717, 1.165) is 17.7 Å². The van der Waals surface area contributed by atoms with Gasteiger partial charge in [-0.1, -0.05) is 30.6 Å². The second-order valence-electron chi connectivity index (χ2n) is 4.16. The van der Waals surface area contributed by atoms with Crippen molar-refractivity contribution in [1.82, 2.24) is 29.1 Å². The minimum atomic E-state index is 0. The third kappa shape index (κ3) is 4.08. The van der Waals surface area contributed by atoms with Crippen LogP contribution in [0.4, 0.5) is 0 Å². The minimum absolute atomic E-state index is 0. The van der Waals surface area contributed by atoms with Crippen LogP contribution in [0.1, 0.15) is 0 Å². The van der Waals surface area contributed by atoms with Crippen LogP contribution < -0.4 is 23.8 Å². The van der Waals surface area contributed by atoms with Crippen LogP contribution in [0.5, 0.6) is 0 Å². The zero-order valence-electron chi connectivity index (χ0n) is 11.7. The normalized spacial score (nSPS) is 9.71. The van der Waals surface area contributed by atoms with E-state index in [1.54, 1.807) is 31.4 Å². The third-order valence-corrected chi connectivity index (χ3v) is 2.72. The topological polar surface area (TPSA) is 62.6 Å². The SMILES string of the molecule is [Li+].c1ccc2[n-]cnc2c1.c1cn(Cn2ccnc2)cn1. The number of imidazole rings is 3. The molecule has 0 radical (unpaired) electrons. The average Bonchev–Trinajstić information content (AvgIpc) is 3.22. The van der Waals surface area contributed by atoms with E-state index < -0.39 is 0 Å². The first kappa shape index (κ1) is 15.1. The molecule has 0 aliphatic heterocycles. The molecule has 0 atom stereocenters. The van der Waals surface area contributed by atoms with E-state index in [9.17, 15) is 0 Å². The van der Waals surface area contributed by atoms with Crippen molar-refractivity contribution in [2.75, 3.05) is 0 Å². The van der Waals surface area contributed by atoms with Crippen LogP contribution in [-0.2, 0) is 6.67 Å². The van der Waals surface area contributed by atoms with Gasteiger partial charge in [0.25, 0.3) is 0 Å². The molecule has 0 amide bonds. The van der Waals surface area contributed by atoms with Gasteiger partial charge in [0.1, 0.15) is 6.67 Å². The molecule has 21 heavy (non-hydrogen) atoms. The number of para-hydroxylation sites is 2. The molecule has 0 spiro atoms. The first-order valence-corrected chi connectivity index (χ1v) is 6.16. The number of hydrogen-bond acceptors (Lipinski definition) is 3. The summed E-state index contributed by atoms with van der Waals surface area (Å²) >= 11 is 0. The molecule has 3 heterocycles. The van der Waals surface area contributed by atoms with Gasteiger partial charge in [-0.05, 0) is 11.0 Å². The molecule has 0 aliphatic carbocycles. The van der Waals surface area contributed by atoms with E-state index in [2.05, 4.69) is 19.9 Å². The second-order valence-corrected chi connectivity index (χ2v) is 4.16. The van der Waals surface area contributed by atoms with Gasteiger partial charge in [-0.3, -0.25) is 0 Å². The molecular formula is C14H13LiN6. The van der Waals surface area contributed by atoms with Crippen LogP contribution in [0.15, 0.2) is 68.0 Å². The quantitative estimate of drug-likeness (QED) is 0.429. The number of benzene rings is 1. The Labute approximate surface area is 134 Å². The molecule has 6 nitrogen and oxygen atoms in total. The molecule has 7 heteroatoms. The predicted octanol–water partition coefficient (Wildman–Crippen LogP) is -1.22. The maximum atomic E-state index is 4.01. The molecule has 0 saturated heterocycles. The van der Waals surface area contributed by atoms with Crippen LogP contribution in [0.3, 0.4) is 0 Å². The first-order valence-electron chi connectivity index (χ1n) is 6.16. The Bertz CT molecular complexity index is 682. The van der Waals surface area contributed by atoms with Crippen LogP contribution in [0, 0.1) is 0 Å². The summed E-state index contributed by atoms with van der Waals surface area (Å²) in [6, 6.07) is 7.80. The van der Waals surface area contributed by atoms with Crippen LogP contribution in [-0.4, -0.2) is 24.1 Å².